The van der Waals surface area contributed by atoms with Crippen molar-refractivity contribution in [2.24, 2.45) is 5.92 Å². The number of thiophene rings is 1. The highest BCUT2D eigenvalue weighted by Crippen LogP contribution is 2.16. The first kappa shape index (κ1) is 11.9. The van der Waals surface area contributed by atoms with E-state index in [0.717, 1.165) is 4.21 Å². The Balaban J connectivity index is 2.56. The number of rotatable bonds is 5. The van der Waals surface area contributed by atoms with E-state index >= 15 is 0 Å². The van der Waals surface area contributed by atoms with Crippen molar-refractivity contribution in [3.63, 3.8) is 0 Å². The van der Waals surface area contributed by atoms with Gasteiger partial charge >= 0.3 is 0 Å². The molecule has 0 aliphatic heterocycles. The van der Waals surface area contributed by atoms with Gasteiger partial charge in [0.15, 0.2) is 0 Å². The van der Waals surface area contributed by atoms with Gasteiger partial charge in [0.1, 0.15) is 0 Å². The summed E-state index contributed by atoms with van der Waals surface area (Å²) in [6, 6.07) is 4.22. The summed E-state index contributed by atoms with van der Waals surface area (Å²) in [7, 11) is 1.08. The first-order valence-corrected chi connectivity index (χ1v) is 6.94. The van der Waals surface area contributed by atoms with E-state index in [9.17, 15) is 4.21 Å². The average Bonchev–Trinajstić information content (AvgIpc) is 2.65. The Kier molecular flexibility index (Phi) is 4.78. The van der Waals surface area contributed by atoms with Crippen molar-refractivity contribution in [1.82, 2.24) is 5.32 Å². The summed E-state index contributed by atoms with van der Waals surface area (Å²) in [6.07, 6.45) is 0. The van der Waals surface area contributed by atoms with Crippen molar-refractivity contribution in [3.8, 4) is 0 Å². The highest BCUT2D eigenvalue weighted by atomic mass is 32.2. The fraction of sp³-hybridized carbons (Fsp3) is 0.600. The Hall–Kier alpha value is -0.190. The molecule has 0 aliphatic rings. The van der Waals surface area contributed by atoms with E-state index in [2.05, 4.69) is 19.2 Å². The van der Waals surface area contributed by atoms with Crippen molar-refractivity contribution in [2.45, 2.75) is 24.1 Å². The van der Waals surface area contributed by atoms with Crippen LogP contribution in [0.15, 0.2) is 21.7 Å². The van der Waals surface area contributed by atoms with Gasteiger partial charge in [0.05, 0.1) is 15.0 Å². The largest absolute Gasteiger partial charge is 0.316 e. The summed E-state index contributed by atoms with van der Waals surface area (Å²) in [4.78, 5) is 0. The van der Waals surface area contributed by atoms with Gasteiger partial charge < -0.3 is 5.32 Å². The minimum Gasteiger partial charge on any atom is -0.316 e. The van der Waals surface area contributed by atoms with Gasteiger partial charge in [-0.25, -0.2) is 0 Å². The van der Waals surface area contributed by atoms with Crippen molar-refractivity contribution >= 4 is 22.1 Å². The highest BCUT2D eigenvalue weighted by molar-refractivity contribution is 7.87. The number of hydrogen-bond donors (Lipinski definition) is 1. The molecule has 4 heteroatoms. The summed E-state index contributed by atoms with van der Waals surface area (Å²) in [6.45, 7) is 4.29. The Morgan fingerprint density at radius 2 is 2.29 bits per heavy atom. The molecule has 2 nitrogen and oxygen atoms in total. The summed E-state index contributed by atoms with van der Waals surface area (Å²) in [5.74, 6) is 1.22. The first-order valence-electron chi connectivity index (χ1n) is 4.74. The fourth-order valence-electron chi connectivity index (χ4n) is 1.25. The third-order valence-electron chi connectivity index (χ3n) is 2.23. The maximum atomic E-state index is 11.9. The molecule has 0 aliphatic carbocycles. The number of nitrogens with one attached hydrogen (secondary N) is 1. The molecular weight excluding hydrogens is 214 g/mol. The molecule has 0 amide bonds. The third kappa shape index (κ3) is 3.19. The summed E-state index contributed by atoms with van der Waals surface area (Å²) >= 11 is 1.57. The third-order valence-corrected chi connectivity index (χ3v) is 4.98. The van der Waals surface area contributed by atoms with E-state index in [1.165, 1.54) is 0 Å². The highest BCUT2D eigenvalue weighted by Gasteiger charge is 2.15. The zero-order chi connectivity index (χ0) is 10.6. The van der Waals surface area contributed by atoms with Crippen LogP contribution in [0, 0.1) is 5.92 Å². The molecule has 2 unspecified atom stereocenters. The van der Waals surface area contributed by atoms with Gasteiger partial charge in [-0.2, -0.15) is 0 Å². The topological polar surface area (TPSA) is 29.1 Å². The minimum absolute atomic E-state index is 0.331. The number of hydrogen-bond acceptors (Lipinski definition) is 3. The zero-order valence-corrected chi connectivity index (χ0v) is 10.5. The van der Waals surface area contributed by atoms with E-state index in [4.69, 9.17) is 0 Å². The molecule has 1 aromatic heterocycles. The monoisotopic (exact) mass is 231 g/mol. The van der Waals surface area contributed by atoms with Crippen LogP contribution >= 0.6 is 11.3 Å². The van der Waals surface area contributed by atoms with Crippen LogP contribution in [0.5, 0.6) is 0 Å². The Morgan fingerprint density at radius 1 is 1.57 bits per heavy atom. The molecular formula is C10H17NOS2. The van der Waals surface area contributed by atoms with E-state index in [0.29, 0.717) is 17.7 Å². The molecule has 0 bridgehead atoms. The van der Waals surface area contributed by atoms with E-state index < -0.39 is 10.8 Å². The van der Waals surface area contributed by atoms with Gasteiger partial charge in [0.2, 0.25) is 0 Å². The van der Waals surface area contributed by atoms with Crippen LogP contribution in [0.25, 0.3) is 0 Å². The molecule has 14 heavy (non-hydrogen) atoms. The smallest absolute Gasteiger partial charge is 0.0911 e. The van der Waals surface area contributed by atoms with Gasteiger partial charge in [0, 0.05) is 11.8 Å². The zero-order valence-electron chi connectivity index (χ0n) is 8.82. The molecule has 1 N–H and O–H groups in total. The second-order valence-electron chi connectivity index (χ2n) is 3.58. The lowest BCUT2D eigenvalue weighted by molar-refractivity contribution is 0.462. The summed E-state index contributed by atoms with van der Waals surface area (Å²) in [5, 5.41) is 5.18. The molecule has 1 aromatic rings. The van der Waals surface area contributed by atoms with Crippen LogP contribution in [0.3, 0.4) is 0 Å². The molecule has 0 spiro atoms. The molecule has 0 saturated heterocycles. The Morgan fingerprint density at radius 3 is 2.71 bits per heavy atom. The molecule has 1 heterocycles. The first-order chi connectivity index (χ1) is 6.65. The molecule has 80 valence electrons. The van der Waals surface area contributed by atoms with Crippen LogP contribution < -0.4 is 5.32 Å². The van der Waals surface area contributed by atoms with Crippen molar-refractivity contribution in [3.05, 3.63) is 17.5 Å². The molecule has 2 atom stereocenters. The van der Waals surface area contributed by atoms with Crippen molar-refractivity contribution < 1.29 is 4.21 Å². The normalized spacial score (nSPS) is 15.7. The van der Waals surface area contributed by atoms with Crippen LogP contribution in [0.2, 0.25) is 0 Å². The van der Waals surface area contributed by atoms with Crippen molar-refractivity contribution in [2.75, 3.05) is 12.8 Å². The van der Waals surface area contributed by atoms with Crippen LogP contribution in [-0.4, -0.2) is 23.1 Å². The molecule has 0 radical (unpaired) electrons. The van der Waals surface area contributed by atoms with Gasteiger partial charge in [-0.3, -0.25) is 4.21 Å². The van der Waals surface area contributed by atoms with Gasteiger partial charge in [-0.15, -0.1) is 11.3 Å². The second kappa shape index (κ2) is 5.63. The lowest BCUT2D eigenvalue weighted by Gasteiger charge is -2.18. The standard InChI is InChI=1S/C10H17NOS2/c1-8(2)9(11-3)7-14(12)10-5-4-6-13-10/h4-6,8-9,11H,7H2,1-3H3. The quantitative estimate of drug-likeness (QED) is 0.841. The van der Waals surface area contributed by atoms with Gasteiger partial charge in [0.25, 0.3) is 0 Å². The predicted octanol–water partition coefficient (Wildman–Crippen LogP) is 2.10. The van der Waals surface area contributed by atoms with E-state index in [-0.39, 0.29) is 0 Å². The molecule has 0 saturated carbocycles. The fourth-order valence-corrected chi connectivity index (χ4v) is 3.77. The average molecular weight is 231 g/mol. The van der Waals surface area contributed by atoms with Gasteiger partial charge in [-0.05, 0) is 24.4 Å². The van der Waals surface area contributed by atoms with E-state index in [1.54, 1.807) is 11.3 Å². The van der Waals surface area contributed by atoms with Crippen molar-refractivity contribution in [1.29, 1.82) is 0 Å². The second-order valence-corrected chi connectivity index (χ2v) is 6.25. The molecule has 1 rings (SSSR count). The predicted molar refractivity (Wildman–Crippen MR) is 63.3 cm³/mol. The van der Waals surface area contributed by atoms with Crippen LogP contribution in [-0.2, 0) is 10.8 Å². The lowest BCUT2D eigenvalue weighted by atomic mass is 10.1. The molecule has 0 fully saturated rings. The Bertz CT molecular complexity index is 282. The van der Waals surface area contributed by atoms with Crippen LogP contribution in [0.4, 0.5) is 0 Å². The SMILES string of the molecule is CNC(CS(=O)c1cccs1)C(C)C. The maximum absolute atomic E-state index is 11.9. The lowest BCUT2D eigenvalue weighted by Crippen LogP contribution is -2.35. The molecule has 0 aromatic carbocycles. The van der Waals surface area contributed by atoms with E-state index in [1.807, 2.05) is 24.6 Å². The summed E-state index contributed by atoms with van der Waals surface area (Å²) in [5.41, 5.74) is 0. The minimum atomic E-state index is -0.847. The van der Waals surface area contributed by atoms with Gasteiger partial charge in [-0.1, -0.05) is 19.9 Å². The summed E-state index contributed by atoms with van der Waals surface area (Å²) < 4.78 is 12.8. The Labute approximate surface area is 92.2 Å². The maximum Gasteiger partial charge on any atom is 0.0911 e. The van der Waals surface area contributed by atoms with Crippen LogP contribution in [0.1, 0.15) is 13.8 Å².